The smallest absolute Gasteiger partial charge is 0.222 e. The van der Waals surface area contributed by atoms with Crippen LogP contribution in [0.5, 0.6) is 5.75 Å². The lowest BCUT2D eigenvalue weighted by atomic mass is 10.3. The van der Waals surface area contributed by atoms with E-state index < -0.39 is 0 Å². The zero-order valence-corrected chi connectivity index (χ0v) is 10.6. The van der Waals surface area contributed by atoms with Crippen LogP contribution in [0.4, 0.5) is 17.5 Å². The minimum absolute atomic E-state index is 0.169. The number of anilines is 3. The van der Waals surface area contributed by atoms with Gasteiger partial charge in [-0.1, -0.05) is 17.7 Å². The number of nitrogens with zero attached hydrogens (tertiary/aromatic N) is 2. The summed E-state index contributed by atoms with van der Waals surface area (Å²) in [7, 11) is 0. The highest BCUT2D eigenvalue weighted by molar-refractivity contribution is 6.32. The molecule has 0 spiro atoms. The van der Waals surface area contributed by atoms with Gasteiger partial charge < -0.3 is 15.8 Å². The predicted octanol–water partition coefficient (Wildman–Crippen LogP) is 2.85. The number of hydrogen-bond donors (Lipinski definition) is 2. The average Bonchev–Trinajstić information content (AvgIpc) is 2.35. The van der Waals surface area contributed by atoms with E-state index in [1.807, 2.05) is 31.2 Å². The van der Waals surface area contributed by atoms with E-state index in [0.29, 0.717) is 17.4 Å². The number of ether oxygens (including phenoxy) is 1. The first-order valence-corrected chi connectivity index (χ1v) is 5.84. The molecular weight excluding hydrogens is 252 g/mol. The topological polar surface area (TPSA) is 73.1 Å². The van der Waals surface area contributed by atoms with Crippen molar-refractivity contribution < 1.29 is 4.74 Å². The van der Waals surface area contributed by atoms with Crippen LogP contribution in [-0.2, 0) is 0 Å². The number of benzene rings is 1. The van der Waals surface area contributed by atoms with E-state index in [1.165, 1.54) is 6.20 Å². The van der Waals surface area contributed by atoms with Crippen LogP contribution >= 0.6 is 11.6 Å². The van der Waals surface area contributed by atoms with Gasteiger partial charge in [0.1, 0.15) is 10.8 Å². The van der Waals surface area contributed by atoms with E-state index in [9.17, 15) is 0 Å². The van der Waals surface area contributed by atoms with Gasteiger partial charge in [-0.05, 0) is 19.1 Å². The molecule has 6 heteroatoms. The SMILES string of the molecule is CCOc1cccc(Nc2nc(N)ncc2Cl)c1. The maximum Gasteiger partial charge on any atom is 0.222 e. The second-order valence-corrected chi connectivity index (χ2v) is 3.92. The largest absolute Gasteiger partial charge is 0.494 e. The molecule has 18 heavy (non-hydrogen) atoms. The van der Waals surface area contributed by atoms with E-state index in [4.69, 9.17) is 22.1 Å². The van der Waals surface area contributed by atoms with Gasteiger partial charge >= 0.3 is 0 Å². The maximum atomic E-state index is 5.97. The van der Waals surface area contributed by atoms with Gasteiger partial charge in [-0.25, -0.2) is 4.98 Å². The molecule has 0 saturated carbocycles. The molecule has 1 aromatic heterocycles. The van der Waals surface area contributed by atoms with Crippen molar-refractivity contribution in [2.45, 2.75) is 6.92 Å². The molecule has 0 unspecified atom stereocenters. The summed E-state index contributed by atoms with van der Waals surface area (Å²) in [6.07, 6.45) is 1.46. The minimum Gasteiger partial charge on any atom is -0.494 e. The van der Waals surface area contributed by atoms with E-state index in [0.717, 1.165) is 11.4 Å². The Bertz CT molecular complexity index is 547. The molecule has 2 rings (SSSR count). The van der Waals surface area contributed by atoms with Crippen molar-refractivity contribution in [3.63, 3.8) is 0 Å². The molecule has 3 N–H and O–H groups in total. The Kier molecular flexibility index (Phi) is 3.84. The molecule has 0 aliphatic carbocycles. The predicted molar refractivity (Wildman–Crippen MR) is 72.3 cm³/mol. The molecular formula is C12H13ClN4O. The molecule has 94 valence electrons. The normalized spacial score (nSPS) is 10.1. The molecule has 1 aromatic carbocycles. The molecule has 0 aliphatic heterocycles. The van der Waals surface area contributed by atoms with Crippen LogP contribution < -0.4 is 15.8 Å². The Hall–Kier alpha value is -2.01. The van der Waals surface area contributed by atoms with Crippen molar-refractivity contribution in [2.24, 2.45) is 0 Å². The summed E-state index contributed by atoms with van der Waals surface area (Å²) in [5.74, 6) is 1.42. The van der Waals surface area contributed by atoms with Crippen LogP contribution in [0.3, 0.4) is 0 Å². The number of nitrogens with one attached hydrogen (secondary N) is 1. The summed E-state index contributed by atoms with van der Waals surface area (Å²) < 4.78 is 5.41. The first-order valence-electron chi connectivity index (χ1n) is 5.47. The van der Waals surface area contributed by atoms with Crippen LogP contribution in [0.25, 0.3) is 0 Å². The number of halogens is 1. The molecule has 2 aromatic rings. The molecule has 0 aliphatic rings. The van der Waals surface area contributed by atoms with Crippen molar-refractivity contribution in [3.05, 3.63) is 35.5 Å². The van der Waals surface area contributed by atoms with Crippen LogP contribution in [0.15, 0.2) is 30.5 Å². The Morgan fingerprint density at radius 2 is 2.28 bits per heavy atom. The lowest BCUT2D eigenvalue weighted by Crippen LogP contribution is -2.00. The van der Waals surface area contributed by atoms with Crippen molar-refractivity contribution in [1.82, 2.24) is 9.97 Å². The third-order valence-electron chi connectivity index (χ3n) is 2.17. The van der Waals surface area contributed by atoms with Crippen LogP contribution in [0, 0.1) is 0 Å². The third kappa shape index (κ3) is 3.01. The summed E-state index contributed by atoms with van der Waals surface area (Å²) in [6.45, 7) is 2.55. The fourth-order valence-corrected chi connectivity index (χ4v) is 1.57. The van der Waals surface area contributed by atoms with Crippen LogP contribution in [0.1, 0.15) is 6.92 Å². The van der Waals surface area contributed by atoms with Gasteiger partial charge in [0.25, 0.3) is 0 Å². The first-order chi connectivity index (χ1) is 8.69. The Morgan fingerprint density at radius 1 is 1.44 bits per heavy atom. The molecule has 5 nitrogen and oxygen atoms in total. The highest BCUT2D eigenvalue weighted by atomic mass is 35.5. The number of rotatable bonds is 4. The average molecular weight is 265 g/mol. The van der Waals surface area contributed by atoms with Crippen LogP contribution in [0.2, 0.25) is 5.02 Å². The van der Waals surface area contributed by atoms with Gasteiger partial charge in [-0.2, -0.15) is 4.98 Å². The fraction of sp³-hybridized carbons (Fsp3) is 0.167. The summed E-state index contributed by atoms with van der Waals surface area (Å²) in [6, 6.07) is 7.51. The highest BCUT2D eigenvalue weighted by Crippen LogP contribution is 2.25. The maximum absolute atomic E-state index is 5.97. The van der Waals surface area contributed by atoms with E-state index in [1.54, 1.807) is 0 Å². The Labute approximate surface area is 110 Å². The molecule has 0 fully saturated rings. The number of nitrogen functional groups attached to an aromatic ring is 1. The van der Waals surface area contributed by atoms with Crippen molar-refractivity contribution in [2.75, 3.05) is 17.7 Å². The second kappa shape index (κ2) is 5.55. The minimum atomic E-state index is 0.169. The number of nitrogens with two attached hydrogens (primary N) is 1. The fourth-order valence-electron chi connectivity index (χ4n) is 1.44. The lowest BCUT2D eigenvalue weighted by molar-refractivity contribution is 0.340. The second-order valence-electron chi connectivity index (χ2n) is 3.51. The zero-order chi connectivity index (χ0) is 13.0. The summed E-state index contributed by atoms with van der Waals surface area (Å²) in [4.78, 5) is 7.82. The van der Waals surface area contributed by atoms with Gasteiger partial charge in [0, 0.05) is 11.8 Å². The molecule has 0 atom stereocenters. The molecule has 0 bridgehead atoms. The zero-order valence-electron chi connectivity index (χ0n) is 9.85. The molecule has 1 heterocycles. The summed E-state index contributed by atoms with van der Waals surface area (Å²) in [5, 5.41) is 3.48. The van der Waals surface area contributed by atoms with Crippen molar-refractivity contribution in [3.8, 4) is 5.75 Å². The van der Waals surface area contributed by atoms with Gasteiger partial charge in [0.05, 0.1) is 12.8 Å². The van der Waals surface area contributed by atoms with Gasteiger partial charge in [-0.3, -0.25) is 0 Å². The number of aromatic nitrogens is 2. The lowest BCUT2D eigenvalue weighted by Gasteiger charge is -2.09. The summed E-state index contributed by atoms with van der Waals surface area (Å²) >= 11 is 5.97. The van der Waals surface area contributed by atoms with E-state index in [2.05, 4.69) is 15.3 Å². The quantitative estimate of drug-likeness (QED) is 0.888. The molecule has 0 radical (unpaired) electrons. The van der Waals surface area contributed by atoms with Crippen molar-refractivity contribution in [1.29, 1.82) is 0 Å². The first kappa shape index (κ1) is 12.4. The molecule has 0 amide bonds. The highest BCUT2D eigenvalue weighted by Gasteiger charge is 2.04. The number of hydrogen-bond acceptors (Lipinski definition) is 5. The standard InChI is InChI=1S/C12H13ClN4O/c1-2-18-9-5-3-4-8(6-9)16-11-10(13)7-15-12(14)17-11/h3-7H,2H2,1H3,(H3,14,15,16,17). The third-order valence-corrected chi connectivity index (χ3v) is 2.45. The van der Waals surface area contributed by atoms with Gasteiger partial charge in [0.15, 0.2) is 5.82 Å². The summed E-state index contributed by atoms with van der Waals surface area (Å²) in [5.41, 5.74) is 6.33. The van der Waals surface area contributed by atoms with Gasteiger partial charge in [-0.15, -0.1) is 0 Å². The Balaban J connectivity index is 2.22. The molecule has 0 saturated heterocycles. The Morgan fingerprint density at radius 3 is 3.06 bits per heavy atom. The van der Waals surface area contributed by atoms with E-state index in [-0.39, 0.29) is 5.95 Å². The van der Waals surface area contributed by atoms with Crippen LogP contribution in [-0.4, -0.2) is 16.6 Å². The van der Waals surface area contributed by atoms with E-state index >= 15 is 0 Å². The van der Waals surface area contributed by atoms with Crippen molar-refractivity contribution >= 4 is 29.1 Å². The monoisotopic (exact) mass is 264 g/mol. The van der Waals surface area contributed by atoms with Gasteiger partial charge in [0.2, 0.25) is 5.95 Å².